The van der Waals surface area contributed by atoms with Crippen molar-refractivity contribution in [2.75, 3.05) is 11.9 Å². The van der Waals surface area contributed by atoms with Gasteiger partial charge in [-0.1, -0.05) is 43.9 Å². The van der Waals surface area contributed by atoms with Gasteiger partial charge in [-0.2, -0.15) is 5.26 Å². The van der Waals surface area contributed by atoms with Crippen LogP contribution < -0.4 is 19.5 Å². The molecule has 2 heterocycles. The number of nitrogens with zero attached hydrogens (tertiary/aromatic N) is 3. The number of ether oxygens (including phenoxy) is 4. The fourth-order valence-electron chi connectivity index (χ4n) is 4.85. The molecule has 0 bridgehead atoms. The Balaban J connectivity index is 1.50. The highest BCUT2D eigenvalue weighted by Gasteiger charge is 2.22. The molecular weight excluding hydrogens is 635 g/mol. The molecule has 0 aliphatic heterocycles. The van der Waals surface area contributed by atoms with Gasteiger partial charge < -0.3 is 23.5 Å². The fraction of sp³-hybridized carbons (Fsp3) is 0.250. The van der Waals surface area contributed by atoms with Crippen LogP contribution in [0, 0.1) is 23.0 Å². The molecule has 9 nitrogen and oxygen atoms in total. The summed E-state index contributed by atoms with van der Waals surface area (Å²) in [5.74, 6) is -1.94. The standard InChI is InChI=1S/C36H36F2N4O5Si/c1-23(2)45-31-12-11-24(17-25(31)20-39)28-21-42(22-44-15-16-48(3,4)5)35-33(28)32(13-14-40-35)47-34-29(37)18-26(19-30(34)38)41-36(43)46-27-9-7-6-8-10-27/h6-14,17-19,21,23H,15-16,22H2,1-5H3,(H,41,43). The maximum Gasteiger partial charge on any atom is 0.417 e. The number of carbonyl (C=O) groups excluding carboxylic acids is 1. The summed E-state index contributed by atoms with van der Waals surface area (Å²) >= 11 is 0. The lowest BCUT2D eigenvalue weighted by molar-refractivity contribution is 0.0899. The lowest BCUT2D eigenvalue weighted by atomic mass is 10.0. The number of anilines is 1. The van der Waals surface area contributed by atoms with Crippen molar-refractivity contribution in [3.05, 3.63) is 96.3 Å². The topological polar surface area (TPSA) is 108 Å². The zero-order valence-electron chi connectivity index (χ0n) is 27.3. The third kappa shape index (κ3) is 8.36. The van der Waals surface area contributed by atoms with Gasteiger partial charge in [0.1, 0.15) is 35.7 Å². The van der Waals surface area contributed by atoms with Crippen LogP contribution >= 0.6 is 0 Å². The Labute approximate surface area is 278 Å². The van der Waals surface area contributed by atoms with E-state index in [1.807, 2.05) is 20.0 Å². The molecule has 3 aromatic carbocycles. The Morgan fingerprint density at radius 2 is 1.75 bits per heavy atom. The van der Waals surface area contributed by atoms with Crippen LogP contribution in [0.15, 0.2) is 79.1 Å². The molecule has 0 atom stereocenters. The number of rotatable bonds is 12. The Kier molecular flexibility index (Phi) is 10.4. The second-order valence-corrected chi connectivity index (χ2v) is 18.2. The Morgan fingerprint density at radius 1 is 1.02 bits per heavy atom. The first-order valence-electron chi connectivity index (χ1n) is 15.4. The van der Waals surface area contributed by atoms with E-state index in [0.717, 1.165) is 18.2 Å². The number of halogens is 2. The van der Waals surface area contributed by atoms with Gasteiger partial charge in [-0.25, -0.2) is 18.6 Å². The van der Waals surface area contributed by atoms with E-state index in [1.54, 1.807) is 53.1 Å². The Morgan fingerprint density at radius 3 is 2.42 bits per heavy atom. The third-order valence-electron chi connectivity index (χ3n) is 7.13. The van der Waals surface area contributed by atoms with Gasteiger partial charge in [0.25, 0.3) is 0 Å². The molecule has 0 radical (unpaired) electrons. The number of carbonyl (C=O) groups is 1. The van der Waals surface area contributed by atoms with Crippen molar-refractivity contribution in [3.8, 4) is 40.2 Å². The molecule has 0 aliphatic rings. The molecule has 0 fully saturated rings. The molecule has 48 heavy (non-hydrogen) atoms. The van der Waals surface area contributed by atoms with Crippen molar-refractivity contribution in [1.82, 2.24) is 9.55 Å². The molecule has 0 unspecified atom stereocenters. The molecule has 0 spiro atoms. The lowest BCUT2D eigenvalue weighted by Crippen LogP contribution is -2.22. The van der Waals surface area contributed by atoms with E-state index in [4.69, 9.17) is 18.9 Å². The number of para-hydroxylation sites is 1. The number of hydrogen-bond acceptors (Lipinski definition) is 7. The molecular formula is C36H36F2N4O5Si. The van der Waals surface area contributed by atoms with Crippen molar-refractivity contribution >= 4 is 30.9 Å². The van der Waals surface area contributed by atoms with E-state index in [9.17, 15) is 10.1 Å². The number of nitrogens with one attached hydrogen (secondary N) is 1. The molecule has 1 N–H and O–H groups in total. The van der Waals surface area contributed by atoms with Crippen LogP contribution in [0.1, 0.15) is 19.4 Å². The summed E-state index contributed by atoms with van der Waals surface area (Å²) < 4.78 is 55.5. The predicted octanol–water partition coefficient (Wildman–Crippen LogP) is 9.36. The maximum atomic E-state index is 15.4. The lowest BCUT2D eigenvalue weighted by Gasteiger charge is -2.15. The third-order valence-corrected chi connectivity index (χ3v) is 8.83. The van der Waals surface area contributed by atoms with Crippen LogP contribution in [-0.2, 0) is 11.5 Å². The summed E-state index contributed by atoms with van der Waals surface area (Å²) in [6.45, 7) is 11.3. The van der Waals surface area contributed by atoms with Gasteiger partial charge >= 0.3 is 6.09 Å². The van der Waals surface area contributed by atoms with Crippen LogP contribution in [0.2, 0.25) is 25.7 Å². The second-order valence-electron chi connectivity index (χ2n) is 12.6. The van der Waals surface area contributed by atoms with E-state index < -0.39 is 31.6 Å². The zero-order chi connectivity index (χ0) is 34.4. The average Bonchev–Trinajstić information content (AvgIpc) is 3.40. The van der Waals surface area contributed by atoms with Gasteiger partial charge in [0.2, 0.25) is 0 Å². The zero-order valence-corrected chi connectivity index (χ0v) is 28.3. The van der Waals surface area contributed by atoms with Crippen LogP contribution in [-0.4, -0.2) is 36.4 Å². The summed E-state index contributed by atoms with van der Waals surface area (Å²) in [6, 6.07) is 20.0. The van der Waals surface area contributed by atoms with Crippen molar-refractivity contribution in [2.24, 2.45) is 0 Å². The normalized spacial score (nSPS) is 11.4. The van der Waals surface area contributed by atoms with Gasteiger partial charge in [-0.15, -0.1) is 0 Å². The SMILES string of the molecule is CC(C)Oc1ccc(-c2cn(COCC[Si](C)(C)C)c3nccc(Oc4c(F)cc(NC(=O)Oc5ccccc5)cc4F)c23)cc1C#N. The molecule has 248 valence electrons. The van der Waals surface area contributed by atoms with Crippen LogP contribution in [0.5, 0.6) is 23.0 Å². The first-order valence-corrected chi connectivity index (χ1v) is 19.1. The highest BCUT2D eigenvalue weighted by Crippen LogP contribution is 2.41. The number of aromatic nitrogens is 2. The van der Waals surface area contributed by atoms with Crippen molar-refractivity contribution in [1.29, 1.82) is 5.26 Å². The van der Waals surface area contributed by atoms with E-state index in [1.165, 1.54) is 12.3 Å². The Bertz CT molecular complexity index is 1950. The summed E-state index contributed by atoms with van der Waals surface area (Å²) in [6.07, 6.45) is 2.25. The summed E-state index contributed by atoms with van der Waals surface area (Å²) in [5, 5.41) is 12.7. The number of hydrogen-bond donors (Lipinski definition) is 1. The largest absolute Gasteiger partial charge is 0.490 e. The van der Waals surface area contributed by atoms with Gasteiger partial charge in [0.15, 0.2) is 17.4 Å². The quantitative estimate of drug-likeness (QED) is 0.104. The minimum atomic E-state index is -1.33. The Hall–Kier alpha value is -5.25. The van der Waals surface area contributed by atoms with Crippen molar-refractivity contribution in [2.45, 2.75) is 52.4 Å². The van der Waals surface area contributed by atoms with Gasteiger partial charge in [-0.05, 0) is 55.8 Å². The summed E-state index contributed by atoms with van der Waals surface area (Å²) in [7, 11) is -1.33. The van der Waals surface area contributed by atoms with Gasteiger partial charge in [0.05, 0.1) is 22.7 Å². The van der Waals surface area contributed by atoms with Crippen LogP contribution in [0.4, 0.5) is 19.3 Å². The van der Waals surface area contributed by atoms with Gasteiger partial charge in [-0.3, -0.25) is 5.32 Å². The molecule has 5 rings (SSSR count). The monoisotopic (exact) mass is 670 g/mol. The van der Waals surface area contributed by atoms with Crippen molar-refractivity contribution in [3.63, 3.8) is 0 Å². The molecule has 2 aromatic heterocycles. The second kappa shape index (κ2) is 14.7. The van der Waals surface area contributed by atoms with Crippen LogP contribution in [0.3, 0.4) is 0 Å². The highest BCUT2D eigenvalue weighted by atomic mass is 28.3. The van der Waals surface area contributed by atoms with Crippen molar-refractivity contribution < 1.29 is 32.5 Å². The minimum Gasteiger partial charge on any atom is -0.490 e. The molecule has 12 heteroatoms. The first kappa shape index (κ1) is 34.1. The number of amides is 1. The first-order chi connectivity index (χ1) is 22.9. The minimum absolute atomic E-state index is 0.124. The smallest absolute Gasteiger partial charge is 0.417 e. The number of fused-ring (bicyclic) bond motifs is 1. The molecule has 0 aliphatic carbocycles. The highest BCUT2D eigenvalue weighted by molar-refractivity contribution is 6.76. The number of nitriles is 1. The van der Waals surface area contributed by atoms with E-state index in [0.29, 0.717) is 40.1 Å². The van der Waals surface area contributed by atoms with E-state index in [-0.39, 0.29) is 30.0 Å². The molecule has 5 aromatic rings. The van der Waals surface area contributed by atoms with E-state index in [2.05, 4.69) is 36.0 Å². The predicted molar refractivity (Wildman–Crippen MR) is 182 cm³/mol. The summed E-state index contributed by atoms with van der Waals surface area (Å²) in [5.41, 5.74) is 1.87. The van der Waals surface area contributed by atoms with E-state index >= 15 is 8.78 Å². The van der Waals surface area contributed by atoms with Crippen LogP contribution in [0.25, 0.3) is 22.2 Å². The number of pyridine rings is 1. The molecule has 0 saturated carbocycles. The molecule has 0 saturated heterocycles. The molecule has 1 amide bonds. The summed E-state index contributed by atoms with van der Waals surface area (Å²) in [4.78, 5) is 16.9. The fourth-order valence-corrected chi connectivity index (χ4v) is 5.61. The van der Waals surface area contributed by atoms with Gasteiger partial charge in [0, 0.05) is 44.8 Å². The average molecular weight is 671 g/mol. The maximum absolute atomic E-state index is 15.4. The number of benzene rings is 3.